The van der Waals surface area contributed by atoms with Gasteiger partial charge in [-0.2, -0.15) is 0 Å². The molecule has 0 spiro atoms. The number of aromatic nitrogens is 2. The van der Waals surface area contributed by atoms with E-state index in [0.717, 1.165) is 57.3 Å². The highest BCUT2D eigenvalue weighted by atomic mass is 16.5. The smallest absolute Gasteiger partial charge is 0.150 e. The van der Waals surface area contributed by atoms with Gasteiger partial charge in [0.1, 0.15) is 12.0 Å². The van der Waals surface area contributed by atoms with Gasteiger partial charge in [0.25, 0.3) is 0 Å². The molecule has 0 saturated carbocycles. The normalized spacial score (nSPS) is 10.9. The summed E-state index contributed by atoms with van der Waals surface area (Å²) < 4.78 is 9.97. The van der Waals surface area contributed by atoms with Crippen molar-refractivity contribution < 1.29 is 9.53 Å². The number of ether oxygens (including phenoxy) is 1. The van der Waals surface area contributed by atoms with E-state index in [1.807, 2.05) is 48.5 Å². The summed E-state index contributed by atoms with van der Waals surface area (Å²) >= 11 is 0. The van der Waals surface area contributed by atoms with E-state index in [0.29, 0.717) is 5.56 Å². The van der Waals surface area contributed by atoms with Gasteiger partial charge in [0, 0.05) is 16.9 Å². The predicted molar refractivity (Wildman–Crippen MR) is 153 cm³/mol. The number of methoxy groups -OCH3 is 1. The molecular formula is C34H26N2O2. The van der Waals surface area contributed by atoms with Crippen LogP contribution in [0.3, 0.4) is 0 Å². The molecule has 4 aromatic carbocycles. The van der Waals surface area contributed by atoms with Gasteiger partial charge in [-0.3, -0.25) is 4.79 Å². The van der Waals surface area contributed by atoms with E-state index >= 15 is 0 Å². The minimum Gasteiger partial charge on any atom is -0.497 e. The molecule has 184 valence electrons. The van der Waals surface area contributed by atoms with Crippen LogP contribution in [0.15, 0.2) is 133 Å². The third kappa shape index (κ3) is 4.22. The van der Waals surface area contributed by atoms with Crippen LogP contribution in [0.4, 0.5) is 0 Å². The van der Waals surface area contributed by atoms with Crippen molar-refractivity contribution in [1.82, 2.24) is 9.13 Å². The van der Waals surface area contributed by atoms with E-state index in [1.54, 1.807) is 7.11 Å². The van der Waals surface area contributed by atoms with Crippen LogP contribution in [0.1, 0.15) is 10.4 Å². The lowest BCUT2D eigenvalue weighted by Gasteiger charge is -2.18. The van der Waals surface area contributed by atoms with Gasteiger partial charge >= 0.3 is 0 Å². The lowest BCUT2D eigenvalue weighted by atomic mass is 10.1. The van der Waals surface area contributed by atoms with Crippen LogP contribution in [0.2, 0.25) is 0 Å². The first-order chi connectivity index (χ1) is 18.8. The standard InChI is InChI=1S/C34H26N2O2/c1-38-30-18-16-27(17-19-30)32-21-23-34(36(32)29-10-6-3-7-11-29)33-22-20-31(26-14-12-25(24-37)13-15-26)35(33)28-8-4-2-5-9-28/h2-24H,1H3. The Morgan fingerprint density at radius 3 is 1.34 bits per heavy atom. The predicted octanol–water partition coefficient (Wildman–Crippen LogP) is 8.09. The zero-order valence-corrected chi connectivity index (χ0v) is 21.0. The first-order valence-corrected chi connectivity index (χ1v) is 12.5. The summed E-state index contributed by atoms with van der Waals surface area (Å²) in [5, 5.41) is 0. The first kappa shape index (κ1) is 23.3. The quantitative estimate of drug-likeness (QED) is 0.210. The van der Waals surface area contributed by atoms with Gasteiger partial charge in [0.15, 0.2) is 0 Å². The molecule has 0 atom stereocenters. The molecule has 0 aliphatic rings. The maximum Gasteiger partial charge on any atom is 0.150 e. The van der Waals surface area contributed by atoms with Crippen LogP contribution in [0, 0.1) is 0 Å². The van der Waals surface area contributed by atoms with E-state index < -0.39 is 0 Å². The van der Waals surface area contributed by atoms with E-state index in [2.05, 4.69) is 94.1 Å². The van der Waals surface area contributed by atoms with Crippen LogP contribution < -0.4 is 4.74 Å². The molecule has 2 aromatic heterocycles. The summed E-state index contributed by atoms with van der Waals surface area (Å²) in [6.07, 6.45) is 0.874. The molecule has 0 amide bonds. The number of carbonyl (C=O) groups is 1. The average Bonchev–Trinajstić information content (AvgIpc) is 3.63. The van der Waals surface area contributed by atoms with Crippen molar-refractivity contribution in [2.45, 2.75) is 0 Å². The van der Waals surface area contributed by atoms with Crippen molar-refractivity contribution in [3.63, 3.8) is 0 Å². The summed E-state index contributed by atoms with van der Waals surface area (Å²) in [5.41, 5.74) is 9.22. The molecule has 0 unspecified atom stereocenters. The van der Waals surface area contributed by atoms with Crippen LogP contribution >= 0.6 is 0 Å². The number of nitrogens with zero attached hydrogens (tertiary/aromatic N) is 2. The minimum absolute atomic E-state index is 0.661. The summed E-state index contributed by atoms with van der Waals surface area (Å²) in [5.74, 6) is 0.829. The largest absolute Gasteiger partial charge is 0.497 e. The molecule has 4 heteroatoms. The van der Waals surface area contributed by atoms with Crippen LogP contribution in [0.5, 0.6) is 5.75 Å². The van der Waals surface area contributed by atoms with Crippen LogP contribution in [-0.4, -0.2) is 22.5 Å². The topological polar surface area (TPSA) is 36.2 Å². The van der Waals surface area contributed by atoms with E-state index in [4.69, 9.17) is 4.74 Å². The number of hydrogen-bond acceptors (Lipinski definition) is 2. The Labute approximate surface area is 222 Å². The third-order valence-electron chi connectivity index (χ3n) is 6.78. The molecule has 0 radical (unpaired) electrons. The summed E-state index contributed by atoms with van der Waals surface area (Å²) in [7, 11) is 1.68. The molecule has 38 heavy (non-hydrogen) atoms. The van der Waals surface area contributed by atoms with Crippen molar-refractivity contribution >= 4 is 6.29 Å². The van der Waals surface area contributed by atoms with Gasteiger partial charge in [-0.25, -0.2) is 0 Å². The van der Waals surface area contributed by atoms with Gasteiger partial charge < -0.3 is 13.9 Å². The van der Waals surface area contributed by atoms with Gasteiger partial charge in [-0.15, -0.1) is 0 Å². The fourth-order valence-electron chi connectivity index (χ4n) is 4.93. The monoisotopic (exact) mass is 494 g/mol. The van der Waals surface area contributed by atoms with E-state index in [-0.39, 0.29) is 0 Å². The van der Waals surface area contributed by atoms with Crippen LogP contribution in [-0.2, 0) is 0 Å². The Kier molecular flexibility index (Phi) is 6.20. The highest BCUT2D eigenvalue weighted by Crippen LogP contribution is 2.37. The van der Waals surface area contributed by atoms with Gasteiger partial charge in [0.2, 0.25) is 0 Å². The molecule has 0 N–H and O–H groups in total. The van der Waals surface area contributed by atoms with E-state index in [1.165, 1.54) is 0 Å². The number of rotatable bonds is 7. The Morgan fingerprint density at radius 2 is 0.921 bits per heavy atom. The molecule has 6 rings (SSSR count). The zero-order valence-electron chi connectivity index (χ0n) is 21.0. The van der Waals surface area contributed by atoms with Gasteiger partial charge in [-0.1, -0.05) is 60.7 Å². The molecule has 6 aromatic rings. The Hall–Kier alpha value is -5.09. The van der Waals surface area contributed by atoms with Gasteiger partial charge in [-0.05, 0) is 83.9 Å². The lowest BCUT2D eigenvalue weighted by molar-refractivity contribution is 0.112. The fourth-order valence-corrected chi connectivity index (χ4v) is 4.93. The maximum absolute atomic E-state index is 11.2. The Balaban J connectivity index is 1.59. The number of aldehydes is 1. The van der Waals surface area contributed by atoms with E-state index in [9.17, 15) is 4.79 Å². The van der Waals surface area contributed by atoms with Crippen LogP contribution in [0.25, 0.3) is 45.3 Å². The zero-order chi connectivity index (χ0) is 25.9. The van der Waals surface area contributed by atoms with Crippen molar-refractivity contribution in [3.05, 3.63) is 139 Å². The van der Waals surface area contributed by atoms with Gasteiger partial charge in [0.05, 0.1) is 29.9 Å². The van der Waals surface area contributed by atoms with Crippen molar-refractivity contribution in [3.8, 4) is 51.0 Å². The molecular weight excluding hydrogens is 468 g/mol. The Bertz CT molecular complexity index is 1680. The number of benzene rings is 4. The fraction of sp³-hybridized carbons (Fsp3) is 0.0294. The third-order valence-corrected chi connectivity index (χ3v) is 6.78. The van der Waals surface area contributed by atoms with Crippen molar-refractivity contribution in [1.29, 1.82) is 0 Å². The molecule has 0 saturated heterocycles. The summed E-state index contributed by atoms with van der Waals surface area (Å²) in [6.45, 7) is 0. The molecule has 2 heterocycles. The highest BCUT2D eigenvalue weighted by Gasteiger charge is 2.19. The second-order valence-corrected chi connectivity index (χ2v) is 9.02. The lowest BCUT2D eigenvalue weighted by Crippen LogP contribution is -2.04. The Morgan fingerprint density at radius 1 is 0.500 bits per heavy atom. The second kappa shape index (κ2) is 10.1. The van der Waals surface area contributed by atoms with Crippen molar-refractivity contribution in [2.75, 3.05) is 7.11 Å². The second-order valence-electron chi connectivity index (χ2n) is 9.02. The summed E-state index contributed by atoms with van der Waals surface area (Å²) in [6, 6.07) is 45.3. The molecule has 0 fully saturated rings. The maximum atomic E-state index is 11.2. The summed E-state index contributed by atoms with van der Waals surface area (Å²) in [4.78, 5) is 11.2. The number of carbonyl (C=O) groups excluding carboxylic acids is 1. The molecule has 0 aliphatic heterocycles. The molecule has 0 bridgehead atoms. The average molecular weight is 495 g/mol. The minimum atomic E-state index is 0.661. The SMILES string of the molecule is COc1ccc(-c2ccc(-c3ccc(-c4ccc(C=O)cc4)n3-c3ccccc3)n2-c2ccccc2)cc1. The molecule has 4 nitrogen and oxygen atoms in total. The van der Waals surface area contributed by atoms with Crippen molar-refractivity contribution in [2.24, 2.45) is 0 Å². The molecule has 0 aliphatic carbocycles. The first-order valence-electron chi connectivity index (χ1n) is 12.5. The highest BCUT2D eigenvalue weighted by molar-refractivity contribution is 5.79. The number of hydrogen-bond donors (Lipinski definition) is 0. The number of para-hydroxylation sites is 2.